The summed E-state index contributed by atoms with van der Waals surface area (Å²) in [5.41, 5.74) is 1.48. The van der Waals surface area contributed by atoms with E-state index in [1.807, 2.05) is 23.1 Å². The highest BCUT2D eigenvalue weighted by Crippen LogP contribution is 2.58. The first-order valence-corrected chi connectivity index (χ1v) is 9.99. The molecule has 2 aliphatic heterocycles. The number of hydrogen-bond acceptors (Lipinski definition) is 3. The summed E-state index contributed by atoms with van der Waals surface area (Å²) < 4.78 is 0. The van der Waals surface area contributed by atoms with Gasteiger partial charge in [-0.1, -0.05) is 30.3 Å². The van der Waals surface area contributed by atoms with Crippen molar-refractivity contribution in [1.29, 1.82) is 0 Å². The van der Waals surface area contributed by atoms with Gasteiger partial charge in [0, 0.05) is 31.5 Å². The topological polar surface area (TPSA) is 61.4 Å². The molecule has 27 heavy (non-hydrogen) atoms. The van der Waals surface area contributed by atoms with E-state index in [9.17, 15) is 9.59 Å². The predicted molar refractivity (Wildman–Crippen MR) is 108 cm³/mol. The number of nitrogens with one attached hydrogen (secondary N) is 2. The van der Waals surface area contributed by atoms with Crippen LogP contribution in [0.3, 0.4) is 0 Å². The number of likely N-dealkylation sites (tertiary alicyclic amines) is 1. The van der Waals surface area contributed by atoms with Crippen LogP contribution < -0.4 is 10.6 Å². The summed E-state index contributed by atoms with van der Waals surface area (Å²) in [6.45, 7) is 3.51. The van der Waals surface area contributed by atoms with Crippen LogP contribution in [-0.2, 0) is 16.0 Å². The monoisotopic (exact) mass is 391 g/mol. The molecule has 2 unspecified atom stereocenters. The van der Waals surface area contributed by atoms with Crippen molar-refractivity contribution in [3.8, 4) is 0 Å². The van der Waals surface area contributed by atoms with E-state index >= 15 is 0 Å². The minimum absolute atomic E-state index is 0. The molecule has 2 saturated heterocycles. The average molecular weight is 392 g/mol. The van der Waals surface area contributed by atoms with Crippen LogP contribution in [0.5, 0.6) is 0 Å². The molecule has 0 bridgehead atoms. The number of carbonyl (C=O) groups is 2. The Bertz CT molecular complexity index is 661. The minimum atomic E-state index is 0. The molecule has 0 aromatic heterocycles. The molecule has 1 aromatic carbocycles. The fourth-order valence-corrected chi connectivity index (χ4v) is 4.66. The van der Waals surface area contributed by atoms with Gasteiger partial charge in [-0.3, -0.25) is 9.59 Å². The molecule has 2 amide bonds. The number of piperidine rings is 1. The maximum absolute atomic E-state index is 12.6. The Kier molecular flexibility index (Phi) is 6.43. The first kappa shape index (κ1) is 20.2. The van der Waals surface area contributed by atoms with Crippen LogP contribution in [0.1, 0.15) is 37.7 Å². The molecule has 3 aliphatic rings. The zero-order valence-corrected chi connectivity index (χ0v) is 16.6. The molecule has 2 N–H and O–H groups in total. The zero-order chi connectivity index (χ0) is 18.0. The Morgan fingerprint density at radius 1 is 1.19 bits per heavy atom. The van der Waals surface area contributed by atoms with E-state index in [1.165, 1.54) is 5.56 Å². The van der Waals surface area contributed by atoms with E-state index in [2.05, 4.69) is 22.8 Å². The van der Waals surface area contributed by atoms with Gasteiger partial charge >= 0.3 is 0 Å². The maximum Gasteiger partial charge on any atom is 0.223 e. The van der Waals surface area contributed by atoms with Crippen molar-refractivity contribution in [2.75, 3.05) is 26.2 Å². The lowest BCUT2D eigenvalue weighted by molar-refractivity contribution is -0.130. The second kappa shape index (κ2) is 8.61. The number of rotatable bonds is 5. The molecule has 1 saturated carbocycles. The van der Waals surface area contributed by atoms with Gasteiger partial charge in [0.05, 0.1) is 0 Å². The van der Waals surface area contributed by atoms with Gasteiger partial charge in [-0.05, 0) is 56.2 Å². The third-order valence-corrected chi connectivity index (χ3v) is 6.46. The quantitative estimate of drug-likeness (QED) is 0.808. The number of amides is 2. The molecule has 148 valence electrons. The smallest absolute Gasteiger partial charge is 0.223 e. The SMILES string of the molecule is Cl.O=C(NC1CCN(C(=O)CCc2ccccc2)C1)C1CC12CCNCC2. The molecule has 3 fully saturated rings. The number of carbonyl (C=O) groups excluding carboxylic acids is 2. The van der Waals surface area contributed by atoms with E-state index in [0.717, 1.165) is 51.7 Å². The van der Waals surface area contributed by atoms with Crippen molar-refractivity contribution in [3.05, 3.63) is 35.9 Å². The molecule has 0 radical (unpaired) electrons. The van der Waals surface area contributed by atoms with Crippen LogP contribution in [-0.4, -0.2) is 48.9 Å². The van der Waals surface area contributed by atoms with Crippen molar-refractivity contribution in [2.45, 2.75) is 44.6 Å². The molecule has 2 heterocycles. The number of halogens is 1. The summed E-state index contributed by atoms with van der Waals surface area (Å²) in [6.07, 6.45) is 5.51. The highest BCUT2D eigenvalue weighted by atomic mass is 35.5. The average Bonchev–Trinajstić information content (AvgIpc) is 3.15. The highest BCUT2D eigenvalue weighted by Gasteiger charge is 2.57. The second-order valence-corrected chi connectivity index (χ2v) is 8.19. The minimum Gasteiger partial charge on any atom is -0.351 e. The van der Waals surface area contributed by atoms with Gasteiger partial charge in [0.15, 0.2) is 0 Å². The predicted octanol–water partition coefficient (Wildman–Crippen LogP) is 2.15. The molecular formula is C21H30ClN3O2. The van der Waals surface area contributed by atoms with Crippen LogP contribution in [0, 0.1) is 11.3 Å². The Labute approximate surface area is 167 Å². The van der Waals surface area contributed by atoms with Crippen molar-refractivity contribution < 1.29 is 9.59 Å². The number of aryl methyl sites for hydroxylation is 1. The van der Waals surface area contributed by atoms with Crippen molar-refractivity contribution in [2.24, 2.45) is 11.3 Å². The zero-order valence-electron chi connectivity index (χ0n) is 15.8. The lowest BCUT2D eigenvalue weighted by Gasteiger charge is -2.23. The molecule has 1 aliphatic carbocycles. The maximum atomic E-state index is 12.6. The highest BCUT2D eigenvalue weighted by molar-refractivity contribution is 5.85. The summed E-state index contributed by atoms with van der Waals surface area (Å²) in [4.78, 5) is 26.9. The van der Waals surface area contributed by atoms with Gasteiger partial charge in [-0.25, -0.2) is 0 Å². The van der Waals surface area contributed by atoms with Crippen LogP contribution in [0.2, 0.25) is 0 Å². The van der Waals surface area contributed by atoms with E-state index in [4.69, 9.17) is 0 Å². The molecule has 5 nitrogen and oxygen atoms in total. The number of hydrogen-bond donors (Lipinski definition) is 2. The summed E-state index contributed by atoms with van der Waals surface area (Å²) >= 11 is 0. The van der Waals surface area contributed by atoms with Crippen molar-refractivity contribution in [3.63, 3.8) is 0 Å². The van der Waals surface area contributed by atoms with Crippen molar-refractivity contribution >= 4 is 24.2 Å². The largest absolute Gasteiger partial charge is 0.351 e. The van der Waals surface area contributed by atoms with Gasteiger partial charge < -0.3 is 15.5 Å². The first-order valence-electron chi connectivity index (χ1n) is 9.99. The van der Waals surface area contributed by atoms with Crippen molar-refractivity contribution in [1.82, 2.24) is 15.5 Å². The van der Waals surface area contributed by atoms with Gasteiger partial charge in [-0.2, -0.15) is 0 Å². The number of nitrogens with zero attached hydrogens (tertiary/aromatic N) is 1. The molecule has 6 heteroatoms. The van der Waals surface area contributed by atoms with Gasteiger partial charge in [0.25, 0.3) is 0 Å². The van der Waals surface area contributed by atoms with Crippen LogP contribution >= 0.6 is 12.4 Å². The molecule has 2 atom stereocenters. The fourth-order valence-electron chi connectivity index (χ4n) is 4.66. The lowest BCUT2D eigenvalue weighted by atomic mass is 9.91. The van der Waals surface area contributed by atoms with Gasteiger partial charge in [0.2, 0.25) is 11.8 Å². The summed E-state index contributed by atoms with van der Waals surface area (Å²) in [6, 6.07) is 10.3. The molecule has 1 aromatic rings. The summed E-state index contributed by atoms with van der Waals surface area (Å²) in [7, 11) is 0. The lowest BCUT2D eigenvalue weighted by Crippen LogP contribution is -2.40. The summed E-state index contributed by atoms with van der Waals surface area (Å²) in [5, 5.41) is 6.60. The van der Waals surface area contributed by atoms with Gasteiger partial charge in [0.1, 0.15) is 0 Å². The molecular weight excluding hydrogens is 362 g/mol. The summed E-state index contributed by atoms with van der Waals surface area (Å²) in [5.74, 6) is 0.620. The third-order valence-electron chi connectivity index (χ3n) is 6.46. The van der Waals surface area contributed by atoms with E-state index in [1.54, 1.807) is 0 Å². The fraction of sp³-hybridized carbons (Fsp3) is 0.619. The second-order valence-electron chi connectivity index (χ2n) is 8.19. The Hall–Kier alpha value is -1.59. The Morgan fingerprint density at radius 3 is 2.67 bits per heavy atom. The Morgan fingerprint density at radius 2 is 1.93 bits per heavy atom. The van der Waals surface area contributed by atoms with Gasteiger partial charge in [-0.15, -0.1) is 12.4 Å². The number of benzene rings is 1. The normalized spacial score (nSPS) is 25.7. The molecule has 1 spiro atoms. The third kappa shape index (κ3) is 4.64. The Balaban J connectivity index is 0.00000210. The van der Waals surface area contributed by atoms with Crippen LogP contribution in [0.4, 0.5) is 0 Å². The molecule has 4 rings (SSSR count). The standard InChI is InChI=1S/C21H29N3O2.ClH/c25-19(7-6-16-4-2-1-3-5-16)24-13-8-17(15-24)23-20(26)18-14-21(18)9-11-22-12-10-21;/h1-5,17-18,22H,6-15H2,(H,23,26);1H. The van der Waals surface area contributed by atoms with Crippen LogP contribution in [0.25, 0.3) is 0 Å². The van der Waals surface area contributed by atoms with E-state index in [0.29, 0.717) is 13.0 Å². The van der Waals surface area contributed by atoms with E-state index in [-0.39, 0.29) is 41.6 Å². The van der Waals surface area contributed by atoms with E-state index < -0.39 is 0 Å². The van der Waals surface area contributed by atoms with Crippen LogP contribution in [0.15, 0.2) is 30.3 Å². The first-order chi connectivity index (χ1) is 12.7.